The van der Waals surface area contributed by atoms with Crippen LogP contribution in [0.15, 0.2) is 59.3 Å². The number of aromatic amines is 1. The Kier molecular flexibility index (Phi) is 6.00. The SMILES string of the molecule is C/C=C(\NC)c1cc(F)c2c(c1)OC(c1cc(CC)no1)n1c-2cc2cc(-c3cnc(CCO)[nH]3)ccc21. The molecule has 1 aliphatic rings. The quantitative estimate of drug-likeness (QED) is 0.268. The van der Waals surface area contributed by atoms with Crippen LogP contribution < -0.4 is 10.1 Å². The van der Waals surface area contributed by atoms with Gasteiger partial charge in [-0.3, -0.25) is 4.57 Å². The van der Waals surface area contributed by atoms with Gasteiger partial charge in [-0.1, -0.05) is 24.2 Å². The Labute approximate surface area is 218 Å². The van der Waals surface area contributed by atoms with Crippen LogP contribution in [-0.2, 0) is 12.8 Å². The lowest BCUT2D eigenvalue weighted by atomic mass is 10.0. The first-order valence-corrected chi connectivity index (χ1v) is 12.6. The van der Waals surface area contributed by atoms with E-state index >= 15 is 4.39 Å². The third-order valence-corrected chi connectivity index (χ3v) is 6.96. The van der Waals surface area contributed by atoms with Gasteiger partial charge in [-0.2, -0.15) is 0 Å². The highest BCUT2D eigenvalue weighted by atomic mass is 19.1. The summed E-state index contributed by atoms with van der Waals surface area (Å²) in [4.78, 5) is 7.60. The Morgan fingerprint density at radius 3 is 2.84 bits per heavy atom. The van der Waals surface area contributed by atoms with Crippen molar-refractivity contribution < 1.29 is 18.8 Å². The topological polar surface area (TPSA) is 101 Å². The zero-order valence-corrected chi connectivity index (χ0v) is 21.4. The van der Waals surface area contributed by atoms with Gasteiger partial charge in [0, 0.05) is 41.7 Å². The lowest BCUT2D eigenvalue weighted by Gasteiger charge is -2.29. The number of fused-ring (bicyclic) bond motifs is 5. The van der Waals surface area contributed by atoms with E-state index in [0.717, 1.165) is 45.8 Å². The van der Waals surface area contributed by atoms with Crippen LogP contribution in [0.5, 0.6) is 5.75 Å². The number of H-pyrrole nitrogens is 1. The number of nitrogens with one attached hydrogen (secondary N) is 2. The Hall–Kier alpha value is -4.37. The third-order valence-electron chi connectivity index (χ3n) is 6.96. The highest BCUT2D eigenvalue weighted by Crippen LogP contribution is 2.46. The van der Waals surface area contributed by atoms with Gasteiger partial charge in [-0.15, -0.1) is 0 Å². The highest BCUT2D eigenvalue weighted by Gasteiger charge is 2.34. The van der Waals surface area contributed by atoms with Gasteiger partial charge in [0.05, 0.1) is 41.0 Å². The van der Waals surface area contributed by atoms with Crippen molar-refractivity contribution in [2.75, 3.05) is 13.7 Å². The first-order valence-electron chi connectivity index (χ1n) is 12.6. The number of allylic oxidation sites excluding steroid dienone is 1. The van der Waals surface area contributed by atoms with Crippen molar-refractivity contribution in [2.24, 2.45) is 0 Å². The van der Waals surface area contributed by atoms with E-state index in [-0.39, 0.29) is 12.4 Å². The summed E-state index contributed by atoms with van der Waals surface area (Å²) in [5.74, 6) is 1.33. The number of imidazole rings is 1. The van der Waals surface area contributed by atoms with Gasteiger partial charge >= 0.3 is 0 Å². The largest absolute Gasteiger partial charge is 0.462 e. The predicted octanol–water partition coefficient (Wildman–Crippen LogP) is 5.44. The molecule has 0 radical (unpaired) electrons. The van der Waals surface area contributed by atoms with Gasteiger partial charge in [-0.05, 0) is 43.7 Å². The van der Waals surface area contributed by atoms with Crippen LogP contribution in [0.25, 0.3) is 39.1 Å². The van der Waals surface area contributed by atoms with Gasteiger partial charge in [0.1, 0.15) is 17.4 Å². The van der Waals surface area contributed by atoms with Crippen LogP contribution in [0.1, 0.15) is 42.9 Å². The molecule has 38 heavy (non-hydrogen) atoms. The van der Waals surface area contributed by atoms with Crippen LogP contribution in [0.3, 0.4) is 0 Å². The second-order valence-corrected chi connectivity index (χ2v) is 9.22. The number of aliphatic hydroxyl groups excluding tert-OH is 1. The summed E-state index contributed by atoms with van der Waals surface area (Å²) in [5, 5.41) is 17.4. The minimum atomic E-state index is -0.657. The van der Waals surface area contributed by atoms with Gasteiger partial charge in [0.25, 0.3) is 0 Å². The van der Waals surface area contributed by atoms with E-state index in [1.165, 1.54) is 6.07 Å². The zero-order valence-electron chi connectivity index (χ0n) is 21.4. The van der Waals surface area contributed by atoms with Gasteiger partial charge < -0.3 is 24.7 Å². The van der Waals surface area contributed by atoms with E-state index in [1.807, 2.05) is 60.9 Å². The summed E-state index contributed by atoms with van der Waals surface area (Å²) in [6, 6.07) is 13.3. The molecule has 6 rings (SSSR count). The monoisotopic (exact) mass is 513 g/mol. The van der Waals surface area contributed by atoms with E-state index in [1.54, 1.807) is 13.2 Å². The second-order valence-electron chi connectivity index (χ2n) is 9.22. The molecule has 3 N–H and O–H groups in total. The minimum absolute atomic E-state index is 0.0253. The molecule has 5 aromatic rings. The fourth-order valence-electron chi connectivity index (χ4n) is 5.09. The van der Waals surface area contributed by atoms with Crippen molar-refractivity contribution >= 4 is 16.6 Å². The average molecular weight is 514 g/mol. The van der Waals surface area contributed by atoms with Crippen LogP contribution >= 0.6 is 0 Å². The standard InChI is InChI=1S/C29H28FN5O3/c1-4-19-14-26(38-34-19)29-35-23-7-6-16(22-15-32-27(33-22)8-9-36)10-18(23)12-24(35)28-20(30)11-17(13-25(28)37-29)21(5-2)31-3/h5-7,10-15,29,31,36H,4,8-9H2,1-3H3,(H,32,33)/b21-5-. The number of halogens is 1. The summed E-state index contributed by atoms with van der Waals surface area (Å²) < 4.78 is 29.9. The number of hydrogen-bond acceptors (Lipinski definition) is 6. The fraction of sp³-hybridized carbons (Fsp3) is 0.241. The smallest absolute Gasteiger partial charge is 0.238 e. The lowest BCUT2D eigenvalue weighted by Crippen LogP contribution is -2.22. The van der Waals surface area contributed by atoms with Gasteiger partial charge in [0.2, 0.25) is 6.23 Å². The molecule has 0 spiro atoms. The predicted molar refractivity (Wildman–Crippen MR) is 143 cm³/mol. The van der Waals surface area contributed by atoms with Gasteiger partial charge in [-0.25, -0.2) is 9.37 Å². The second kappa shape index (κ2) is 9.50. The number of ether oxygens (including phenoxy) is 1. The molecule has 194 valence electrons. The first kappa shape index (κ1) is 24.0. The van der Waals surface area contributed by atoms with Crippen molar-refractivity contribution in [1.29, 1.82) is 0 Å². The minimum Gasteiger partial charge on any atom is -0.462 e. The Morgan fingerprint density at radius 1 is 1.24 bits per heavy atom. The van der Waals surface area contributed by atoms with E-state index in [2.05, 4.69) is 20.4 Å². The summed E-state index contributed by atoms with van der Waals surface area (Å²) in [6.45, 7) is 3.93. The number of aryl methyl sites for hydroxylation is 1. The molecule has 1 aliphatic heterocycles. The number of rotatable bonds is 7. The molecule has 0 fully saturated rings. The molecule has 4 heterocycles. The molecule has 2 aromatic carbocycles. The van der Waals surface area contributed by atoms with Crippen molar-refractivity contribution in [3.8, 4) is 28.3 Å². The average Bonchev–Trinajstić information content (AvgIpc) is 3.67. The summed E-state index contributed by atoms with van der Waals surface area (Å²) in [6.07, 6.45) is 4.18. The van der Waals surface area contributed by atoms with Crippen LogP contribution in [0.4, 0.5) is 4.39 Å². The van der Waals surface area contributed by atoms with Crippen molar-refractivity contribution in [3.63, 3.8) is 0 Å². The maximum Gasteiger partial charge on any atom is 0.238 e. The van der Waals surface area contributed by atoms with E-state index in [4.69, 9.17) is 9.26 Å². The maximum absolute atomic E-state index is 15.8. The van der Waals surface area contributed by atoms with Crippen molar-refractivity contribution in [1.82, 2.24) is 25.0 Å². The summed E-state index contributed by atoms with van der Waals surface area (Å²) in [5.41, 5.74) is 6.06. The molecule has 9 heteroatoms. The van der Waals surface area contributed by atoms with E-state index < -0.39 is 6.23 Å². The molecular weight excluding hydrogens is 485 g/mol. The van der Waals surface area contributed by atoms with Crippen molar-refractivity contribution in [2.45, 2.75) is 32.9 Å². The van der Waals surface area contributed by atoms with E-state index in [0.29, 0.717) is 34.8 Å². The number of aromatic nitrogens is 4. The van der Waals surface area contributed by atoms with Gasteiger partial charge in [0.15, 0.2) is 5.76 Å². The Morgan fingerprint density at radius 2 is 2.11 bits per heavy atom. The summed E-state index contributed by atoms with van der Waals surface area (Å²) >= 11 is 0. The fourth-order valence-corrected chi connectivity index (χ4v) is 5.09. The molecule has 0 saturated carbocycles. The molecule has 1 atom stereocenters. The number of hydrogen-bond donors (Lipinski definition) is 3. The van der Waals surface area contributed by atoms with E-state index in [9.17, 15) is 5.11 Å². The zero-order chi connectivity index (χ0) is 26.4. The molecule has 0 aliphatic carbocycles. The highest BCUT2D eigenvalue weighted by molar-refractivity contribution is 5.92. The van der Waals surface area contributed by atoms with Crippen LogP contribution in [-0.4, -0.2) is 38.5 Å². The molecule has 0 amide bonds. The third kappa shape index (κ3) is 3.86. The van der Waals surface area contributed by atoms with Crippen molar-refractivity contribution in [3.05, 3.63) is 83.4 Å². The lowest BCUT2D eigenvalue weighted by molar-refractivity contribution is 0.135. The number of benzene rings is 2. The van der Waals surface area contributed by atoms with Crippen LogP contribution in [0.2, 0.25) is 0 Å². The Balaban J connectivity index is 1.55. The number of nitrogens with zero attached hydrogens (tertiary/aromatic N) is 3. The molecule has 0 bridgehead atoms. The normalized spacial score (nSPS) is 14.9. The maximum atomic E-state index is 15.8. The molecule has 1 unspecified atom stereocenters. The Bertz CT molecular complexity index is 1680. The molecule has 8 nitrogen and oxygen atoms in total. The summed E-state index contributed by atoms with van der Waals surface area (Å²) in [7, 11) is 1.80. The molecular formula is C29H28FN5O3. The molecule has 0 saturated heterocycles. The first-order chi connectivity index (χ1) is 18.5. The molecule has 3 aromatic heterocycles. The number of aliphatic hydroxyl groups is 1. The van der Waals surface area contributed by atoms with Crippen LogP contribution in [0, 0.1) is 5.82 Å².